The Morgan fingerprint density at radius 3 is 2.48 bits per heavy atom. The van der Waals surface area contributed by atoms with Crippen molar-refractivity contribution in [2.75, 3.05) is 13.2 Å². The first kappa shape index (κ1) is 20.5. The van der Waals surface area contributed by atoms with Crippen LogP contribution in [0.2, 0.25) is 0 Å². The number of nitrogens with zero attached hydrogens (tertiary/aromatic N) is 3. The van der Waals surface area contributed by atoms with Crippen LogP contribution >= 0.6 is 0 Å². The standard InChI is InChI=1S/C22H25N3O4/c1-15-13-18(16(2)24(15)3)20(26)14-29-22(28)10-9-21(27)25-12-11-19(23-25)17-7-5-4-6-8-17/h4-8,13H,9-12,14H2,1-3H3. The van der Waals surface area contributed by atoms with Crippen LogP contribution in [0.4, 0.5) is 0 Å². The molecule has 0 saturated carbocycles. The van der Waals surface area contributed by atoms with E-state index in [9.17, 15) is 14.4 Å². The van der Waals surface area contributed by atoms with Crippen LogP contribution in [0.15, 0.2) is 41.5 Å². The average molecular weight is 395 g/mol. The smallest absolute Gasteiger partial charge is 0.306 e. The fraction of sp³-hybridized carbons (Fsp3) is 0.364. The number of rotatable bonds is 7. The van der Waals surface area contributed by atoms with E-state index in [1.54, 1.807) is 6.07 Å². The van der Waals surface area contributed by atoms with E-state index in [0.717, 1.165) is 22.7 Å². The zero-order valence-electron chi connectivity index (χ0n) is 17.0. The Morgan fingerprint density at radius 2 is 1.83 bits per heavy atom. The van der Waals surface area contributed by atoms with Gasteiger partial charge in [0.25, 0.3) is 0 Å². The summed E-state index contributed by atoms with van der Waals surface area (Å²) in [6.45, 7) is 3.94. The Hall–Kier alpha value is -3.22. The number of aromatic nitrogens is 1. The van der Waals surface area contributed by atoms with Gasteiger partial charge in [0, 0.05) is 36.8 Å². The van der Waals surface area contributed by atoms with Gasteiger partial charge in [-0.2, -0.15) is 5.10 Å². The summed E-state index contributed by atoms with van der Waals surface area (Å²) in [7, 11) is 1.88. The van der Waals surface area contributed by atoms with Crippen LogP contribution in [0.25, 0.3) is 0 Å². The summed E-state index contributed by atoms with van der Waals surface area (Å²) in [6, 6.07) is 11.5. The Morgan fingerprint density at radius 1 is 1.10 bits per heavy atom. The lowest BCUT2D eigenvalue weighted by molar-refractivity contribution is -0.145. The van der Waals surface area contributed by atoms with Crippen LogP contribution in [-0.2, 0) is 21.4 Å². The molecule has 0 unspecified atom stereocenters. The van der Waals surface area contributed by atoms with Gasteiger partial charge in [-0.15, -0.1) is 0 Å². The van der Waals surface area contributed by atoms with Crippen molar-refractivity contribution in [3.63, 3.8) is 0 Å². The summed E-state index contributed by atoms with van der Waals surface area (Å²) in [5, 5.41) is 5.76. The second-order valence-corrected chi connectivity index (χ2v) is 7.11. The molecule has 29 heavy (non-hydrogen) atoms. The molecular weight excluding hydrogens is 370 g/mol. The lowest BCUT2D eigenvalue weighted by atomic mass is 10.1. The van der Waals surface area contributed by atoms with Crippen LogP contribution in [0.5, 0.6) is 0 Å². The summed E-state index contributed by atoms with van der Waals surface area (Å²) in [5.74, 6) is -1.04. The van der Waals surface area contributed by atoms with Crippen molar-refractivity contribution in [2.45, 2.75) is 33.1 Å². The summed E-state index contributed by atoms with van der Waals surface area (Å²) in [5.41, 5.74) is 4.20. The van der Waals surface area contributed by atoms with Gasteiger partial charge in [-0.25, -0.2) is 5.01 Å². The van der Waals surface area contributed by atoms with E-state index < -0.39 is 5.97 Å². The van der Waals surface area contributed by atoms with E-state index in [1.807, 2.05) is 55.8 Å². The molecule has 1 aromatic carbocycles. The van der Waals surface area contributed by atoms with Gasteiger partial charge in [0.2, 0.25) is 11.7 Å². The third-order valence-electron chi connectivity index (χ3n) is 5.18. The van der Waals surface area contributed by atoms with Crippen molar-refractivity contribution in [3.05, 3.63) is 58.9 Å². The Labute approximate surface area is 170 Å². The quantitative estimate of drug-likeness (QED) is 0.533. The lowest BCUT2D eigenvalue weighted by Gasteiger charge is -2.11. The topological polar surface area (TPSA) is 81.0 Å². The molecule has 0 fully saturated rings. The van der Waals surface area contributed by atoms with E-state index in [2.05, 4.69) is 5.10 Å². The van der Waals surface area contributed by atoms with Crippen molar-refractivity contribution in [1.29, 1.82) is 0 Å². The second-order valence-electron chi connectivity index (χ2n) is 7.11. The number of carbonyl (C=O) groups is 3. The number of hydrogen-bond acceptors (Lipinski definition) is 5. The van der Waals surface area contributed by atoms with Crippen LogP contribution in [0.3, 0.4) is 0 Å². The van der Waals surface area contributed by atoms with Crippen LogP contribution < -0.4 is 0 Å². The van der Waals surface area contributed by atoms with Crippen LogP contribution in [-0.4, -0.2) is 46.1 Å². The molecule has 0 atom stereocenters. The van der Waals surface area contributed by atoms with E-state index >= 15 is 0 Å². The van der Waals surface area contributed by atoms with E-state index in [-0.39, 0.29) is 31.1 Å². The minimum Gasteiger partial charge on any atom is -0.457 e. The lowest BCUT2D eigenvalue weighted by Crippen LogP contribution is -2.24. The third kappa shape index (κ3) is 4.80. The van der Waals surface area contributed by atoms with Crippen molar-refractivity contribution >= 4 is 23.4 Å². The largest absolute Gasteiger partial charge is 0.457 e. The number of Topliss-reactive ketones (excluding diaryl/α,β-unsaturated/α-hetero) is 1. The molecule has 152 valence electrons. The number of aryl methyl sites for hydroxylation is 1. The monoisotopic (exact) mass is 395 g/mol. The number of amides is 1. The summed E-state index contributed by atoms with van der Waals surface area (Å²) >= 11 is 0. The fourth-order valence-corrected chi connectivity index (χ4v) is 3.24. The predicted octanol–water partition coefficient (Wildman–Crippen LogP) is 2.78. The van der Waals surface area contributed by atoms with Crippen molar-refractivity contribution < 1.29 is 19.1 Å². The SMILES string of the molecule is Cc1cc(C(=O)COC(=O)CCC(=O)N2CCC(c3ccccc3)=N2)c(C)n1C. The number of ether oxygens (including phenoxy) is 1. The number of benzene rings is 1. The Balaban J connectivity index is 1.46. The first-order valence-electron chi connectivity index (χ1n) is 9.62. The highest BCUT2D eigenvalue weighted by Crippen LogP contribution is 2.16. The van der Waals surface area contributed by atoms with Crippen molar-refractivity contribution in [1.82, 2.24) is 9.58 Å². The fourth-order valence-electron chi connectivity index (χ4n) is 3.24. The van der Waals surface area contributed by atoms with Crippen molar-refractivity contribution in [3.8, 4) is 0 Å². The van der Waals surface area contributed by atoms with Gasteiger partial charge >= 0.3 is 5.97 Å². The molecule has 1 aliphatic heterocycles. The highest BCUT2D eigenvalue weighted by Gasteiger charge is 2.22. The molecule has 7 nitrogen and oxygen atoms in total. The van der Waals surface area contributed by atoms with Crippen LogP contribution in [0, 0.1) is 13.8 Å². The average Bonchev–Trinajstić information content (AvgIpc) is 3.32. The first-order valence-corrected chi connectivity index (χ1v) is 9.62. The second kappa shape index (κ2) is 8.86. The number of carbonyl (C=O) groups excluding carboxylic acids is 3. The molecule has 0 radical (unpaired) electrons. The van der Waals surface area contributed by atoms with Gasteiger partial charge in [0.05, 0.1) is 18.7 Å². The summed E-state index contributed by atoms with van der Waals surface area (Å²) in [4.78, 5) is 36.5. The molecule has 3 rings (SSSR count). The highest BCUT2D eigenvalue weighted by molar-refractivity contribution is 6.02. The van der Waals surface area contributed by atoms with E-state index in [0.29, 0.717) is 18.5 Å². The molecular formula is C22H25N3O4. The van der Waals surface area contributed by atoms with E-state index in [4.69, 9.17) is 4.74 Å². The van der Waals surface area contributed by atoms with Gasteiger partial charge in [0.15, 0.2) is 6.61 Å². The van der Waals surface area contributed by atoms with Crippen molar-refractivity contribution in [2.24, 2.45) is 12.1 Å². The zero-order valence-corrected chi connectivity index (χ0v) is 17.0. The van der Waals surface area contributed by atoms with Gasteiger partial charge in [0.1, 0.15) is 0 Å². The molecule has 2 aromatic rings. The minimum atomic E-state index is -0.566. The molecule has 1 aliphatic rings. The third-order valence-corrected chi connectivity index (χ3v) is 5.18. The molecule has 0 saturated heterocycles. The maximum atomic E-state index is 12.3. The molecule has 1 aromatic heterocycles. The molecule has 1 amide bonds. The number of hydrazone groups is 1. The molecule has 7 heteroatoms. The predicted molar refractivity (Wildman–Crippen MR) is 109 cm³/mol. The zero-order chi connectivity index (χ0) is 21.0. The van der Waals surface area contributed by atoms with Gasteiger partial charge < -0.3 is 9.30 Å². The van der Waals surface area contributed by atoms with Gasteiger partial charge in [-0.1, -0.05) is 30.3 Å². The summed E-state index contributed by atoms with van der Waals surface area (Å²) < 4.78 is 6.97. The first-order chi connectivity index (χ1) is 13.9. The molecule has 0 N–H and O–H groups in total. The van der Waals surface area contributed by atoms with Gasteiger partial charge in [-0.05, 0) is 25.5 Å². The number of esters is 1. The van der Waals surface area contributed by atoms with Crippen LogP contribution in [0.1, 0.15) is 46.6 Å². The Kier molecular flexibility index (Phi) is 6.26. The molecule has 2 heterocycles. The summed E-state index contributed by atoms with van der Waals surface area (Å²) in [6.07, 6.45) is 0.609. The maximum absolute atomic E-state index is 12.3. The molecule has 0 bridgehead atoms. The number of hydrogen-bond donors (Lipinski definition) is 0. The molecule has 0 spiro atoms. The van der Waals surface area contributed by atoms with E-state index in [1.165, 1.54) is 5.01 Å². The highest BCUT2D eigenvalue weighted by atomic mass is 16.5. The molecule has 0 aliphatic carbocycles. The maximum Gasteiger partial charge on any atom is 0.306 e. The minimum absolute atomic E-state index is 0.00205. The number of ketones is 1. The van der Waals surface area contributed by atoms with Gasteiger partial charge in [-0.3, -0.25) is 14.4 Å². The normalized spacial score (nSPS) is 13.3. The Bertz CT molecular complexity index is 960.